The number of nitro groups is 1. The van der Waals surface area contributed by atoms with Crippen molar-refractivity contribution >= 4 is 115 Å². The van der Waals surface area contributed by atoms with E-state index in [0.717, 1.165) is 46.3 Å². The van der Waals surface area contributed by atoms with Crippen molar-refractivity contribution in [2.45, 2.75) is 146 Å². The molecule has 0 bridgehead atoms. The zero-order valence-corrected chi connectivity index (χ0v) is 86.5. The first kappa shape index (κ1) is 117. The summed E-state index contributed by atoms with van der Waals surface area (Å²) in [6, 6.07) is 95.5. The summed E-state index contributed by atoms with van der Waals surface area (Å²) in [6.07, 6.45) is 30.9. The average Bonchev–Trinajstić information content (AvgIpc) is 0.762. The average molecular weight is 1890 g/mol. The van der Waals surface area contributed by atoms with Gasteiger partial charge in [0, 0.05) is 84.3 Å². The molecule has 0 saturated heterocycles. The number of carboxylic acid groups (broad SMARTS) is 3. The summed E-state index contributed by atoms with van der Waals surface area (Å²) in [6.45, 7) is 36.5. The monoisotopic (exact) mass is 1880 g/mol. The highest BCUT2D eigenvalue weighted by atomic mass is 32.2. The van der Waals surface area contributed by atoms with Gasteiger partial charge in [-0.05, 0) is 227 Å². The zero-order valence-electron chi connectivity index (χ0n) is 80.4. The fourth-order valence-electron chi connectivity index (χ4n) is 14.1. The van der Waals surface area contributed by atoms with E-state index >= 15 is 0 Å². The lowest BCUT2D eigenvalue weighted by Gasteiger charge is -2.28. The molecule has 0 aliphatic carbocycles. The second-order valence-corrected chi connectivity index (χ2v) is 56.8. The largest absolute Gasteiger partial charge is 0.872 e. The van der Waals surface area contributed by atoms with E-state index in [1.807, 2.05) is 63.9 Å². The van der Waals surface area contributed by atoms with E-state index in [2.05, 4.69) is 270 Å². The van der Waals surface area contributed by atoms with Crippen LogP contribution < -0.4 is 46.8 Å². The third kappa shape index (κ3) is 45.4. The van der Waals surface area contributed by atoms with Crippen LogP contribution in [-0.4, -0.2) is 163 Å². The molecule has 20 heteroatoms. The van der Waals surface area contributed by atoms with E-state index in [1.165, 1.54) is 144 Å². The molecular weight excluding hydrogens is 1730 g/mol. The molecule has 129 heavy (non-hydrogen) atoms. The molecule has 11 aromatic carbocycles. The highest BCUT2D eigenvalue weighted by Crippen LogP contribution is 2.62. The number of rotatable bonds is 35. The number of nitro benzene ring substituents is 1. The van der Waals surface area contributed by atoms with Crippen molar-refractivity contribution in [2.24, 2.45) is 0 Å². The second kappa shape index (κ2) is 66.7. The maximum Gasteiger partial charge on any atom is 0.335 e. The number of aliphatic hydroxyl groups is 1. The number of aryl methyl sites for hydroxylation is 3. The molecule has 0 unspecified atom stereocenters. The molecule has 0 aliphatic heterocycles. The highest BCUT2D eigenvalue weighted by Gasteiger charge is 2.46. The van der Waals surface area contributed by atoms with Crippen LogP contribution in [0.1, 0.15) is 168 Å². The maximum atomic E-state index is 10.5. The molecule has 0 spiro atoms. The van der Waals surface area contributed by atoms with Crippen LogP contribution in [0.2, 0.25) is 0 Å². The van der Waals surface area contributed by atoms with Gasteiger partial charge in [0.1, 0.15) is 52.1 Å². The van der Waals surface area contributed by atoms with Crippen molar-refractivity contribution in [3.8, 4) is 17.2 Å². The number of carbonyl (C=O) groups is 3. The highest BCUT2D eigenvalue weighted by molar-refractivity contribution is 8.01. The molecule has 0 aromatic heterocycles. The molecule has 11 rings (SSSR count). The predicted octanol–water partition coefficient (Wildman–Crippen LogP) is 26.1. The first-order valence-electron chi connectivity index (χ1n) is 45.3. The number of ether oxygens (including phenoxy) is 1. The minimum atomic E-state index is -1.73. The van der Waals surface area contributed by atoms with E-state index in [0.29, 0.717) is 23.5 Å². The normalized spacial score (nSPS) is 10.7. The molecule has 4 N–H and O–H groups in total. The molecule has 698 valence electrons. The van der Waals surface area contributed by atoms with Crippen molar-refractivity contribution < 1.29 is 54.7 Å². The van der Waals surface area contributed by atoms with Crippen LogP contribution in [0.25, 0.3) is 0 Å². The number of benzene rings is 11. The molecule has 0 saturated carbocycles. The van der Waals surface area contributed by atoms with Crippen molar-refractivity contribution in [3.05, 3.63) is 341 Å². The standard InChI is InChI=1S/C21H22OP.C21H22PS.C16H36P.C9H10O3.C9H10O2.C8H8O2S.C8H20P.C7H8O.C6H5NO3.C4H12P/c22-17-10-18-23(19-11-4-1-5-12-19,20-13-6-2-7-14-20)21-15-8-3-9-16-21;1-23-18-17-22(19-11-5-2-6-12-19,20-13-7-3-8-14-20)21-15-9-4-10-16-21;1-5-9-13-17(14-10-6-2,15-11-7-3)16-12-8-4;1-2-12-8-5-3-7(4-6-8)9(10)11;1-6-3-7(2)5-8(4-6)9(10)11;1-11-7-4-2-6(3-5-7)8(9)10;1-5-9(6-2,7-3)8-4;1-6-2-4-7(8)5-3-6;8-6-3-1-5(2-4-6)7(9)10;1-5(2,3)4/h1-9,11-16,22H,10,17-18H2;2-16H,17-18H2,1H3;5-16H2,1-4H3;3-6H,2H2,1H3,(H,10,11);3-5H,1-2H3,(H,10,11);2-5H,1H3,(H,9,10);5-8H2,1-4H3;2-5,8H,1H3;1-4,8H;1-4H3/q3*+1;;;;+1;;;+1/p-2. The number of aromatic carboxylic acids is 3. The number of unbranched alkanes of at least 4 members (excludes halogenated alkanes) is 4. The molecule has 11 aromatic rings. The van der Waals surface area contributed by atoms with Gasteiger partial charge >= 0.3 is 17.9 Å². The molecule has 0 fully saturated rings. The van der Waals surface area contributed by atoms with E-state index in [9.17, 15) is 39.8 Å². The summed E-state index contributed by atoms with van der Waals surface area (Å²) < 4.78 is 5.15. The SMILES string of the molecule is CCCC[P+](CCCC)(CCCC)CCCC.CCOc1ccc(C(=O)O)cc1.CC[P+](CC)(CC)CC.CSCC[P+](c1ccccc1)(c1ccccc1)c1ccccc1.CSc1ccc(C(=O)O)cc1.C[P+](C)(C)C.Cc1cc(C)cc(C(=O)O)c1.Cc1ccc([O-])cc1.O=[N+]([O-])c1ccc([O-])cc1.OCCC[P+](c1ccccc1)(c1ccccc1)c1ccccc1. The minimum absolute atomic E-state index is 0.0559. The van der Waals surface area contributed by atoms with Crippen LogP contribution in [-0.2, 0) is 0 Å². The Bertz CT molecular complexity index is 4320. The summed E-state index contributed by atoms with van der Waals surface area (Å²) in [7, 11) is -4.69. The van der Waals surface area contributed by atoms with Gasteiger partial charge in [0.05, 0.1) is 89.8 Å². The van der Waals surface area contributed by atoms with Gasteiger partial charge in [-0.1, -0.05) is 222 Å². The molecule has 13 nitrogen and oxygen atoms in total. The second-order valence-electron chi connectivity index (χ2n) is 32.6. The molecule has 0 amide bonds. The Morgan fingerprint density at radius 1 is 0.364 bits per heavy atom. The van der Waals surface area contributed by atoms with Gasteiger partial charge in [-0.15, -0.1) is 23.3 Å². The van der Waals surface area contributed by atoms with Gasteiger partial charge in [-0.2, -0.15) is 11.8 Å². The zero-order chi connectivity index (χ0) is 96.0. The van der Waals surface area contributed by atoms with Gasteiger partial charge in [0.2, 0.25) is 0 Å². The van der Waals surface area contributed by atoms with Crippen LogP contribution in [0.5, 0.6) is 17.2 Å². The summed E-state index contributed by atoms with van der Waals surface area (Å²) in [5.74, 6) is -0.928. The van der Waals surface area contributed by atoms with Crippen molar-refractivity contribution in [3.63, 3.8) is 0 Å². The first-order chi connectivity index (χ1) is 61.8. The number of nitrogens with zero attached hydrogens (tertiary/aromatic N) is 1. The molecule has 0 aliphatic rings. The Morgan fingerprint density at radius 3 is 0.899 bits per heavy atom. The van der Waals surface area contributed by atoms with E-state index < -0.39 is 51.9 Å². The minimum Gasteiger partial charge on any atom is -0.872 e. The van der Waals surface area contributed by atoms with E-state index in [4.69, 9.17) is 20.1 Å². The van der Waals surface area contributed by atoms with Crippen molar-refractivity contribution in [2.75, 3.05) is 120 Å². The number of aliphatic hydroxyl groups excluding tert-OH is 1. The van der Waals surface area contributed by atoms with Crippen molar-refractivity contribution in [1.82, 2.24) is 0 Å². The Labute approximate surface area is 787 Å². The number of thioether (sulfide) groups is 2. The van der Waals surface area contributed by atoms with Crippen LogP contribution in [0, 0.1) is 30.9 Å². The van der Waals surface area contributed by atoms with Gasteiger partial charge in [0.25, 0.3) is 5.69 Å². The van der Waals surface area contributed by atoms with Crippen LogP contribution in [0.3, 0.4) is 0 Å². The lowest BCUT2D eigenvalue weighted by molar-refractivity contribution is -0.385. The number of hydrogen-bond acceptors (Lipinski definition) is 11. The topological polar surface area (TPSA) is 231 Å². The van der Waals surface area contributed by atoms with Crippen LogP contribution in [0.15, 0.2) is 302 Å². The number of non-ortho nitro benzene ring substituents is 1. The van der Waals surface area contributed by atoms with Crippen molar-refractivity contribution in [1.29, 1.82) is 0 Å². The fraction of sp³-hybridized carbons (Fsp3) is 0.367. The third-order valence-corrected chi connectivity index (χ3v) is 42.4. The fourth-order valence-corrected chi connectivity index (χ4v) is 32.3. The Balaban J connectivity index is 0.000000499. The third-order valence-electron chi connectivity index (χ3n) is 21.4. The molecular formula is C109H151NO12P5S2+3. The summed E-state index contributed by atoms with van der Waals surface area (Å²) >= 11 is 3.54. The van der Waals surface area contributed by atoms with Crippen LogP contribution in [0.4, 0.5) is 5.69 Å². The molecule has 0 heterocycles. The number of carboxylic acids is 3. The Kier molecular flexibility index (Phi) is 60.3. The summed E-state index contributed by atoms with van der Waals surface area (Å²) in [4.78, 5) is 41.9. The predicted molar refractivity (Wildman–Crippen MR) is 572 cm³/mol. The van der Waals surface area contributed by atoms with E-state index in [-0.39, 0.29) is 36.6 Å². The van der Waals surface area contributed by atoms with Gasteiger partial charge < -0.3 is 35.4 Å². The Hall–Kier alpha value is -8.56. The first-order valence-corrected chi connectivity index (χ1v) is 60.5. The number of hydrogen-bond donors (Lipinski definition) is 4. The molecule has 0 radical (unpaired) electrons. The lowest BCUT2D eigenvalue weighted by atomic mass is 10.1. The quantitative estimate of drug-likeness (QED) is 0.0125. The lowest BCUT2D eigenvalue weighted by Crippen LogP contribution is -2.34. The summed E-state index contributed by atoms with van der Waals surface area (Å²) in [5, 5.41) is 74.7. The molecule has 0 atom stereocenters. The summed E-state index contributed by atoms with van der Waals surface area (Å²) in [5.41, 5.74) is 4.03. The van der Waals surface area contributed by atoms with Gasteiger partial charge in [0.15, 0.2) is 0 Å². The van der Waals surface area contributed by atoms with Crippen LogP contribution >= 0.6 is 59.8 Å². The van der Waals surface area contributed by atoms with E-state index in [1.54, 1.807) is 97.1 Å². The Morgan fingerprint density at radius 2 is 0.659 bits per heavy atom. The van der Waals surface area contributed by atoms with Gasteiger partial charge in [-0.3, -0.25) is 10.1 Å². The maximum absolute atomic E-state index is 10.5. The smallest absolute Gasteiger partial charge is 0.335 e. The van der Waals surface area contributed by atoms with Gasteiger partial charge in [-0.25, -0.2) is 14.4 Å².